The van der Waals surface area contributed by atoms with E-state index in [2.05, 4.69) is 25.3 Å². The van der Waals surface area contributed by atoms with Crippen LogP contribution in [0.5, 0.6) is 0 Å². The van der Waals surface area contributed by atoms with Gasteiger partial charge in [0.25, 0.3) is 0 Å². The third-order valence-electron chi connectivity index (χ3n) is 1.43. The molecule has 0 radical (unpaired) electrons. The van der Waals surface area contributed by atoms with Crippen LogP contribution in [0.1, 0.15) is 19.8 Å². The van der Waals surface area contributed by atoms with Gasteiger partial charge in [-0.05, 0) is 18.6 Å². The lowest BCUT2D eigenvalue weighted by Gasteiger charge is -2.18. The summed E-state index contributed by atoms with van der Waals surface area (Å²) in [4.78, 5) is 0. The van der Waals surface area contributed by atoms with Crippen molar-refractivity contribution in [2.24, 2.45) is 0 Å². The van der Waals surface area contributed by atoms with Crippen LogP contribution in [0, 0.1) is 0 Å². The molecule has 1 rings (SSSR count). The zero-order valence-electron chi connectivity index (χ0n) is 5.31. The Balaban J connectivity index is 2.34. The van der Waals surface area contributed by atoms with Crippen molar-refractivity contribution in [1.29, 1.82) is 0 Å². The van der Waals surface area contributed by atoms with Crippen molar-refractivity contribution < 1.29 is 0 Å². The van der Waals surface area contributed by atoms with Crippen LogP contribution in [0.25, 0.3) is 0 Å². The van der Waals surface area contributed by atoms with E-state index in [-0.39, 0.29) is 0 Å². The average molecular weight is 128 g/mol. The van der Waals surface area contributed by atoms with Crippen LogP contribution in [0.4, 0.5) is 0 Å². The first-order valence-electron chi connectivity index (χ1n) is 3.07. The van der Waals surface area contributed by atoms with Crippen LogP contribution in [0.15, 0.2) is 12.2 Å². The van der Waals surface area contributed by atoms with Crippen molar-refractivity contribution in [3.63, 3.8) is 0 Å². The Bertz CT molecular complexity index is 96.6. The zero-order chi connectivity index (χ0) is 5.98. The van der Waals surface area contributed by atoms with Gasteiger partial charge in [-0.25, -0.2) is 0 Å². The molecule has 8 heavy (non-hydrogen) atoms. The molecule has 0 aromatic rings. The molecule has 0 amide bonds. The number of thioether (sulfide) groups is 1. The molecule has 1 heteroatoms. The van der Waals surface area contributed by atoms with E-state index in [0.717, 1.165) is 5.25 Å². The van der Waals surface area contributed by atoms with Gasteiger partial charge in [0, 0.05) is 5.25 Å². The molecule has 1 fully saturated rings. The summed E-state index contributed by atoms with van der Waals surface area (Å²) in [6.07, 6.45) is 2.49. The molecule has 0 spiro atoms. The maximum absolute atomic E-state index is 3.95. The standard InChI is InChI=1S/C7H12S/c1-6-3-4-8-7(2)5-6/h7H,1,3-5H2,2H3. The third kappa shape index (κ3) is 1.55. The summed E-state index contributed by atoms with van der Waals surface area (Å²) in [6.45, 7) is 6.22. The Kier molecular flexibility index (Phi) is 2.01. The molecule has 1 unspecified atom stereocenters. The molecule has 0 nitrogen and oxygen atoms in total. The quantitative estimate of drug-likeness (QED) is 0.452. The Hall–Kier alpha value is 0.0900. The first kappa shape index (κ1) is 6.21. The Morgan fingerprint density at radius 3 is 2.88 bits per heavy atom. The zero-order valence-corrected chi connectivity index (χ0v) is 6.13. The van der Waals surface area contributed by atoms with E-state index >= 15 is 0 Å². The summed E-state index contributed by atoms with van der Waals surface area (Å²) in [6, 6.07) is 0. The topological polar surface area (TPSA) is 0 Å². The van der Waals surface area contributed by atoms with Gasteiger partial charge in [0.05, 0.1) is 0 Å². The second-order valence-electron chi connectivity index (χ2n) is 2.39. The molecule has 0 aromatic heterocycles. The average Bonchev–Trinajstić information content (AvgIpc) is 1.64. The molecule has 46 valence electrons. The third-order valence-corrected chi connectivity index (χ3v) is 2.61. The minimum atomic E-state index is 0.830. The summed E-state index contributed by atoms with van der Waals surface area (Å²) < 4.78 is 0. The Labute approximate surface area is 55.4 Å². The summed E-state index contributed by atoms with van der Waals surface area (Å²) >= 11 is 2.06. The molecule has 1 heterocycles. The fraction of sp³-hybridized carbons (Fsp3) is 0.714. The highest BCUT2D eigenvalue weighted by Crippen LogP contribution is 2.26. The van der Waals surface area contributed by atoms with Crippen LogP contribution in [0.2, 0.25) is 0 Å². The van der Waals surface area contributed by atoms with E-state index in [0.29, 0.717) is 0 Å². The largest absolute Gasteiger partial charge is 0.158 e. The lowest BCUT2D eigenvalue weighted by atomic mass is 10.1. The van der Waals surface area contributed by atoms with Crippen LogP contribution < -0.4 is 0 Å². The van der Waals surface area contributed by atoms with Crippen LogP contribution >= 0.6 is 11.8 Å². The summed E-state index contributed by atoms with van der Waals surface area (Å²) in [7, 11) is 0. The molecular weight excluding hydrogens is 116 g/mol. The van der Waals surface area contributed by atoms with Crippen molar-refractivity contribution >= 4 is 11.8 Å². The number of hydrogen-bond acceptors (Lipinski definition) is 1. The van der Waals surface area contributed by atoms with Crippen molar-refractivity contribution in [3.8, 4) is 0 Å². The predicted octanol–water partition coefficient (Wildman–Crippen LogP) is 2.46. The second kappa shape index (κ2) is 2.58. The lowest BCUT2D eigenvalue weighted by molar-refractivity contribution is 0.854. The van der Waals surface area contributed by atoms with E-state index in [4.69, 9.17) is 0 Å². The molecule has 0 aliphatic carbocycles. The summed E-state index contributed by atoms with van der Waals surface area (Å²) in [5, 5.41) is 0.830. The number of hydrogen-bond donors (Lipinski definition) is 0. The van der Waals surface area contributed by atoms with Crippen molar-refractivity contribution in [3.05, 3.63) is 12.2 Å². The van der Waals surface area contributed by atoms with E-state index in [1.807, 2.05) is 0 Å². The smallest absolute Gasteiger partial charge is 0.00558 e. The first-order chi connectivity index (χ1) is 3.79. The maximum atomic E-state index is 3.95. The normalized spacial score (nSPS) is 30.6. The molecule has 1 aliphatic rings. The number of rotatable bonds is 0. The molecule has 0 aromatic carbocycles. The van der Waals surface area contributed by atoms with E-state index in [1.54, 1.807) is 0 Å². The maximum Gasteiger partial charge on any atom is 0.00558 e. The SMILES string of the molecule is C=C1CCSC(C)C1. The van der Waals surface area contributed by atoms with E-state index in [1.165, 1.54) is 24.2 Å². The molecule has 0 bridgehead atoms. The molecule has 1 aliphatic heterocycles. The Morgan fingerprint density at radius 2 is 2.50 bits per heavy atom. The minimum absolute atomic E-state index is 0.830. The van der Waals surface area contributed by atoms with Gasteiger partial charge < -0.3 is 0 Å². The van der Waals surface area contributed by atoms with Gasteiger partial charge in [0.15, 0.2) is 0 Å². The Morgan fingerprint density at radius 1 is 1.75 bits per heavy atom. The number of allylic oxidation sites excluding steroid dienone is 1. The van der Waals surface area contributed by atoms with Gasteiger partial charge in [-0.15, -0.1) is 0 Å². The fourth-order valence-corrected chi connectivity index (χ4v) is 2.13. The highest BCUT2D eigenvalue weighted by molar-refractivity contribution is 7.99. The van der Waals surface area contributed by atoms with Gasteiger partial charge in [-0.2, -0.15) is 11.8 Å². The van der Waals surface area contributed by atoms with E-state index in [9.17, 15) is 0 Å². The first-order valence-corrected chi connectivity index (χ1v) is 4.12. The van der Waals surface area contributed by atoms with Gasteiger partial charge in [-0.1, -0.05) is 19.1 Å². The minimum Gasteiger partial charge on any atom is -0.158 e. The van der Waals surface area contributed by atoms with Crippen molar-refractivity contribution in [1.82, 2.24) is 0 Å². The van der Waals surface area contributed by atoms with E-state index < -0.39 is 0 Å². The summed E-state index contributed by atoms with van der Waals surface area (Å²) in [5.74, 6) is 1.29. The van der Waals surface area contributed by atoms with Crippen molar-refractivity contribution in [2.45, 2.75) is 25.0 Å². The molecule has 0 N–H and O–H groups in total. The van der Waals surface area contributed by atoms with Gasteiger partial charge in [0.2, 0.25) is 0 Å². The fourth-order valence-electron chi connectivity index (χ4n) is 0.972. The predicted molar refractivity (Wildman–Crippen MR) is 40.3 cm³/mol. The van der Waals surface area contributed by atoms with Crippen molar-refractivity contribution in [2.75, 3.05) is 5.75 Å². The monoisotopic (exact) mass is 128 g/mol. The molecule has 1 atom stereocenters. The van der Waals surface area contributed by atoms with Crippen LogP contribution in [-0.2, 0) is 0 Å². The van der Waals surface area contributed by atoms with Crippen LogP contribution in [-0.4, -0.2) is 11.0 Å². The molecule has 0 saturated carbocycles. The molecular formula is C7H12S. The highest BCUT2D eigenvalue weighted by Gasteiger charge is 2.09. The second-order valence-corrected chi connectivity index (χ2v) is 3.93. The van der Waals surface area contributed by atoms with Gasteiger partial charge in [-0.3, -0.25) is 0 Å². The van der Waals surface area contributed by atoms with Crippen LogP contribution in [0.3, 0.4) is 0 Å². The molecule has 1 saturated heterocycles. The highest BCUT2D eigenvalue weighted by atomic mass is 32.2. The van der Waals surface area contributed by atoms with Gasteiger partial charge in [0.1, 0.15) is 0 Å². The van der Waals surface area contributed by atoms with Gasteiger partial charge >= 0.3 is 0 Å². The lowest BCUT2D eigenvalue weighted by Crippen LogP contribution is -2.05. The summed E-state index contributed by atoms with van der Waals surface area (Å²) in [5.41, 5.74) is 1.44.